The van der Waals surface area contributed by atoms with Crippen LogP contribution in [0.2, 0.25) is 0 Å². The maximum atomic E-state index is 4.20. The summed E-state index contributed by atoms with van der Waals surface area (Å²) < 4.78 is 0. The van der Waals surface area contributed by atoms with Crippen molar-refractivity contribution in [1.29, 1.82) is 0 Å². The summed E-state index contributed by atoms with van der Waals surface area (Å²) in [5.74, 6) is 0. The van der Waals surface area contributed by atoms with Crippen molar-refractivity contribution >= 4 is 11.9 Å². The van der Waals surface area contributed by atoms with Gasteiger partial charge in [-0.25, -0.2) is 0 Å². The van der Waals surface area contributed by atoms with E-state index in [0.29, 0.717) is 0 Å². The number of rotatable bonds is 0. The van der Waals surface area contributed by atoms with Gasteiger partial charge in [-0.1, -0.05) is 24.3 Å². The topological polar surface area (TPSA) is 15.6 Å². The number of nitrogens with zero attached hydrogens (tertiary/aromatic N) is 2. The molecule has 0 N–H and O–H groups in total. The van der Waals surface area contributed by atoms with E-state index >= 15 is 0 Å². The number of hydrogen-bond acceptors (Lipinski definition) is 2. The van der Waals surface area contributed by atoms with Gasteiger partial charge in [0, 0.05) is 30.4 Å². The van der Waals surface area contributed by atoms with Crippen LogP contribution in [0, 0.1) is 0 Å². The van der Waals surface area contributed by atoms with Crippen molar-refractivity contribution < 1.29 is 0 Å². The largest absolute Gasteiger partial charge is 0.322 e. The van der Waals surface area contributed by atoms with Crippen LogP contribution < -0.4 is 4.90 Å². The van der Waals surface area contributed by atoms with Crippen LogP contribution in [0.5, 0.6) is 0 Å². The van der Waals surface area contributed by atoms with Gasteiger partial charge in [0.1, 0.15) is 0 Å². The molecule has 68 valence electrons. The van der Waals surface area contributed by atoms with Gasteiger partial charge in [-0.2, -0.15) is 0 Å². The summed E-state index contributed by atoms with van der Waals surface area (Å²) in [5.41, 5.74) is 3.83. The van der Waals surface area contributed by atoms with Gasteiger partial charge in [-0.05, 0) is 12.0 Å². The highest BCUT2D eigenvalue weighted by Gasteiger charge is 2.14. The molecule has 3 rings (SSSR count). The molecule has 2 heteroatoms. The van der Waals surface area contributed by atoms with Crippen molar-refractivity contribution in [3.8, 4) is 0 Å². The zero-order valence-corrected chi connectivity index (χ0v) is 7.72. The van der Waals surface area contributed by atoms with E-state index in [2.05, 4.69) is 40.4 Å². The molecule has 0 fully saturated rings. The first-order valence-electron chi connectivity index (χ1n) is 4.72. The van der Waals surface area contributed by atoms with Crippen LogP contribution in [0.15, 0.2) is 47.9 Å². The number of benzene rings is 1. The Morgan fingerprint density at radius 1 is 1.21 bits per heavy atom. The van der Waals surface area contributed by atoms with E-state index in [1.165, 1.54) is 16.8 Å². The molecule has 0 bridgehead atoms. The fourth-order valence-electron chi connectivity index (χ4n) is 1.92. The highest BCUT2D eigenvalue weighted by molar-refractivity contribution is 5.91. The monoisotopic (exact) mass is 182 g/mol. The molecule has 0 spiro atoms. The first-order chi connectivity index (χ1) is 6.95. The van der Waals surface area contributed by atoms with Gasteiger partial charge in [0.15, 0.2) is 0 Å². The highest BCUT2D eigenvalue weighted by atomic mass is 15.1. The van der Waals surface area contributed by atoms with Crippen molar-refractivity contribution in [2.24, 2.45) is 4.99 Å². The predicted octanol–water partition coefficient (Wildman–Crippen LogP) is 2.47. The van der Waals surface area contributed by atoms with E-state index in [-0.39, 0.29) is 0 Å². The van der Waals surface area contributed by atoms with Gasteiger partial charge in [-0.15, -0.1) is 0 Å². The minimum Gasteiger partial charge on any atom is -0.322 e. The summed E-state index contributed by atoms with van der Waals surface area (Å²) in [6, 6.07) is 6.35. The smallest absolute Gasteiger partial charge is 0.0572 e. The molecule has 2 heterocycles. The van der Waals surface area contributed by atoms with E-state index in [9.17, 15) is 0 Å². The molecule has 0 unspecified atom stereocenters. The lowest BCUT2D eigenvalue weighted by molar-refractivity contribution is 1.13. The second kappa shape index (κ2) is 2.84. The Kier molecular flexibility index (Phi) is 1.53. The molecule has 14 heavy (non-hydrogen) atoms. The van der Waals surface area contributed by atoms with Crippen molar-refractivity contribution in [3.05, 3.63) is 54.0 Å². The molecule has 0 saturated carbocycles. The number of allylic oxidation sites excluding steroid dienone is 1. The van der Waals surface area contributed by atoms with E-state index in [1.807, 2.05) is 18.6 Å². The Hall–Kier alpha value is -1.83. The van der Waals surface area contributed by atoms with Gasteiger partial charge in [0.2, 0.25) is 0 Å². The second-order valence-corrected chi connectivity index (χ2v) is 3.43. The van der Waals surface area contributed by atoms with Gasteiger partial charge >= 0.3 is 0 Å². The first kappa shape index (κ1) is 7.56. The van der Waals surface area contributed by atoms with Gasteiger partial charge < -0.3 is 4.90 Å². The molecule has 0 aromatic heterocycles. The third kappa shape index (κ3) is 1.01. The van der Waals surface area contributed by atoms with E-state index in [4.69, 9.17) is 0 Å². The minimum absolute atomic E-state index is 1.02. The first-order valence-corrected chi connectivity index (χ1v) is 4.72. The summed E-state index contributed by atoms with van der Waals surface area (Å²) in [6.07, 6.45) is 11.0. The fraction of sp³-hybridized carbons (Fsp3) is 0.0833. The Balaban J connectivity index is 2.30. The molecule has 0 saturated heterocycles. The maximum Gasteiger partial charge on any atom is 0.0572 e. The van der Waals surface area contributed by atoms with Crippen molar-refractivity contribution in [2.75, 3.05) is 4.90 Å². The molecular weight excluding hydrogens is 172 g/mol. The van der Waals surface area contributed by atoms with Crippen LogP contribution >= 0.6 is 0 Å². The number of hydrogen-bond donors (Lipinski definition) is 0. The lowest BCUT2D eigenvalue weighted by Gasteiger charge is -2.23. The molecule has 2 nitrogen and oxygen atoms in total. The lowest BCUT2D eigenvalue weighted by Crippen LogP contribution is -2.14. The number of para-hydroxylation sites is 1. The lowest BCUT2D eigenvalue weighted by atomic mass is 10.0. The van der Waals surface area contributed by atoms with Crippen LogP contribution in [-0.4, -0.2) is 6.21 Å². The van der Waals surface area contributed by atoms with Gasteiger partial charge in [-0.3, -0.25) is 4.99 Å². The minimum atomic E-state index is 1.02. The fourth-order valence-corrected chi connectivity index (χ4v) is 1.92. The van der Waals surface area contributed by atoms with Crippen LogP contribution in [-0.2, 0) is 6.42 Å². The predicted molar refractivity (Wildman–Crippen MR) is 58.5 cm³/mol. The Labute approximate surface area is 82.9 Å². The normalized spacial score (nSPS) is 16.7. The Morgan fingerprint density at radius 3 is 3.21 bits per heavy atom. The standard InChI is InChI=1S/C12H10N2/c1-3-10-5-2-7-14-8-6-13-9-11(4-1)12(10)14/h1-4,6-9H,5H2. The SMILES string of the molecule is C1=CN2C=CN=Cc3cccc(c32)C1. The molecular formula is C12H10N2. The molecule has 2 aliphatic rings. The second-order valence-electron chi connectivity index (χ2n) is 3.43. The third-order valence-electron chi connectivity index (χ3n) is 2.54. The molecule has 1 aromatic carbocycles. The molecule has 0 aliphatic carbocycles. The van der Waals surface area contributed by atoms with Crippen LogP contribution in [0.1, 0.15) is 11.1 Å². The summed E-state index contributed by atoms with van der Waals surface area (Å²) >= 11 is 0. The third-order valence-corrected chi connectivity index (χ3v) is 2.54. The zero-order valence-electron chi connectivity index (χ0n) is 7.72. The van der Waals surface area contributed by atoms with E-state index in [0.717, 1.165) is 6.42 Å². The van der Waals surface area contributed by atoms with Crippen molar-refractivity contribution in [3.63, 3.8) is 0 Å². The number of anilines is 1. The molecule has 0 radical (unpaired) electrons. The van der Waals surface area contributed by atoms with Crippen LogP contribution in [0.25, 0.3) is 0 Å². The zero-order chi connectivity index (χ0) is 9.38. The molecule has 0 atom stereocenters. The molecule has 1 aromatic rings. The van der Waals surface area contributed by atoms with E-state index in [1.54, 1.807) is 0 Å². The Morgan fingerprint density at radius 2 is 2.21 bits per heavy atom. The maximum absolute atomic E-state index is 4.20. The molecule has 0 amide bonds. The van der Waals surface area contributed by atoms with E-state index < -0.39 is 0 Å². The highest BCUT2D eigenvalue weighted by Crippen LogP contribution is 2.30. The van der Waals surface area contributed by atoms with Crippen LogP contribution in [0.4, 0.5) is 5.69 Å². The van der Waals surface area contributed by atoms with Crippen molar-refractivity contribution in [1.82, 2.24) is 0 Å². The summed E-state index contributed by atoms with van der Waals surface area (Å²) in [4.78, 5) is 6.32. The summed E-state index contributed by atoms with van der Waals surface area (Å²) in [6.45, 7) is 0. The quantitative estimate of drug-likeness (QED) is 0.601. The Bertz CT molecular complexity index is 455. The van der Waals surface area contributed by atoms with Gasteiger partial charge in [0.25, 0.3) is 0 Å². The van der Waals surface area contributed by atoms with Crippen molar-refractivity contribution in [2.45, 2.75) is 6.42 Å². The van der Waals surface area contributed by atoms with Gasteiger partial charge in [0.05, 0.1) is 5.69 Å². The molecule has 2 aliphatic heterocycles. The summed E-state index contributed by atoms with van der Waals surface area (Å²) in [5, 5.41) is 0. The average Bonchev–Trinajstić information content (AvgIpc) is 2.44. The van der Waals surface area contributed by atoms with Crippen LogP contribution in [0.3, 0.4) is 0 Å². The summed E-state index contributed by atoms with van der Waals surface area (Å²) in [7, 11) is 0. The number of aliphatic imine (C=N–C) groups is 1. The average molecular weight is 182 g/mol.